The number of aliphatic imine (C=N–C) groups is 4. The van der Waals surface area contributed by atoms with Crippen LogP contribution in [0.4, 0.5) is 0 Å². The van der Waals surface area contributed by atoms with Crippen LogP contribution in [0.3, 0.4) is 0 Å². The van der Waals surface area contributed by atoms with Gasteiger partial charge in [0, 0.05) is 49.7 Å². The Hall–Kier alpha value is -5.12. The maximum absolute atomic E-state index is 12.4. The number of rotatable bonds is 0. The summed E-state index contributed by atoms with van der Waals surface area (Å²) in [7, 11) is 0. The summed E-state index contributed by atoms with van der Waals surface area (Å²) in [6, 6.07) is 12.4. The number of benzene rings is 2. The predicted molar refractivity (Wildman–Crippen MR) is 129 cm³/mol. The van der Waals surface area contributed by atoms with E-state index in [-0.39, 0.29) is 22.3 Å². The Labute approximate surface area is 194 Å². The first kappa shape index (κ1) is 23.5. The molecule has 1 aliphatic heterocycles. The number of carbonyl (C=O) groups excluding carboxylic acids is 4. The summed E-state index contributed by atoms with van der Waals surface area (Å²) < 4.78 is 0. The summed E-state index contributed by atoms with van der Waals surface area (Å²) in [4.78, 5) is 64.9. The zero-order chi connectivity index (χ0) is 24.2. The van der Waals surface area contributed by atoms with E-state index in [9.17, 15) is 19.2 Å². The normalized spacial score (nSPS) is 15.1. The molecule has 2 aromatic carbocycles. The molecule has 1 aliphatic rings. The van der Waals surface area contributed by atoms with Crippen LogP contribution in [0.5, 0.6) is 0 Å². The van der Waals surface area contributed by atoms with Gasteiger partial charge in [-0.15, -0.1) is 0 Å². The third-order valence-electron chi connectivity index (χ3n) is 4.24. The third-order valence-corrected chi connectivity index (χ3v) is 4.24. The fourth-order valence-corrected chi connectivity index (χ4v) is 2.72. The second-order valence-corrected chi connectivity index (χ2v) is 6.43. The van der Waals surface area contributed by atoms with Gasteiger partial charge in [0.05, 0.1) is 22.3 Å². The van der Waals surface area contributed by atoms with Crippen LogP contribution in [0.15, 0.2) is 93.3 Å². The van der Waals surface area contributed by atoms with Crippen molar-refractivity contribution >= 4 is 48.5 Å². The molecule has 0 spiro atoms. The van der Waals surface area contributed by atoms with Crippen molar-refractivity contribution in [3.8, 4) is 0 Å². The summed E-state index contributed by atoms with van der Waals surface area (Å²) in [5.74, 6) is -2.31. The molecule has 10 heteroatoms. The average Bonchev–Trinajstić information content (AvgIpc) is 2.86. The molecule has 168 valence electrons. The lowest BCUT2D eigenvalue weighted by Crippen LogP contribution is -2.20. The maximum atomic E-state index is 12.4. The number of fused-ring (bicyclic) bond motifs is 2. The molecule has 0 radical (unpaired) electrons. The van der Waals surface area contributed by atoms with Crippen molar-refractivity contribution in [1.82, 2.24) is 10.6 Å². The minimum absolute atomic E-state index is 0.107. The number of hydrogen-bond acceptors (Lipinski definition) is 6. The Kier molecular flexibility index (Phi) is 8.35. The van der Waals surface area contributed by atoms with Crippen LogP contribution < -0.4 is 10.6 Å². The third kappa shape index (κ3) is 6.44. The number of nitrogens with one attached hydrogen (secondary N) is 2. The molecule has 0 aromatic heterocycles. The standard InChI is InChI=1S/C24H18N6O4/c31-21-17-5-1-2-6-18(17)22(32)28-14-10-26-12-16-30-24(34)20-8-4-3-7-19(20)23(33)29-15-11-25-9-13-27-21/h1-16H,(H,27,31)(H,30,34). The molecule has 1 heterocycles. The van der Waals surface area contributed by atoms with E-state index in [0.29, 0.717) is 0 Å². The molecule has 0 fully saturated rings. The van der Waals surface area contributed by atoms with Crippen molar-refractivity contribution in [2.45, 2.75) is 0 Å². The highest BCUT2D eigenvalue weighted by molar-refractivity contribution is 6.22. The Bertz CT molecular complexity index is 1190. The SMILES string of the molecule is O=C1N=CC=NC=CNC(=O)c2ccccc2C(=O)N=CC=NC=CNC(=O)c2ccccc21. The molecule has 0 saturated carbocycles. The molecule has 2 N–H and O–H groups in total. The molecule has 4 amide bonds. The maximum Gasteiger partial charge on any atom is 0.277 e. The van der Waals surface area contributed by atoms with Crippen LogP contribution >= 0.6 is 0 Å². The first-order valence-electron chi connectivity index (χ1n) is 9.88. The van der Waals surface area contributed by atoms with Crippen LogP contribution in [-0.4, -0.2) is 48.5 Å². The largest absolute Gasteiger partial charge is 0.327 e. The van der Waals surface area contributed by atoms with E-state index in [1.165, 1.54) is 61.5 Å². The van der Waals surface area contributed by atoms with Crippen LogP contribution in [-0.2, 0) is 0 Å². The first-order valence-corrected chi connectivity index (χ1v) is 9.88. The number of amides is 4. The van der Waals surface area contributed by atoms with E-state index in [2.05, 4.69) is 30.6 Å². The van der Waals surface area contributed by atoms with E-state index in [4.69, 9.17) is 0 Å². The number of carbonyl (C=O) groups is 4. The first-order chi connectivity index (χ1) is 16.6. The molecule has 0 saturated heterocycles. The van der Waals surface area contributed by atoms with Crippen LogP contribution in [0.25, 0.3) is 0 Å². The lowest BCUT2D eigenvalue weighted by atomic mass is 10.1. The highest BCUT2D eigenvalue weighted by Crippen LogP contribution is 2.11. The highest BCUT2D eigenvalue weighted by Gasteiger charge is 2.15. The monoisotopic (exact) mass is 454 g/mol. The molecule has 34 heavy (non-hydrogen) atoms. The molecular weight excluding hydrogens is 436 g/mol. The Morgan fingerprint density at radius 2 is 0.882 bits per heavy atom. The average molecular weight is 454 g/mol. The van der Waals surface area contributed by atoms with Crippen LogP contribution in [0, 0.1) is 0 Å². The van der Waals surface area contributed by atoms with Gasteiger partial charge in [-0.3, -0.25) is 29.2 Å². The van der Waals surface area contributed by atoms with Crippen molar-refractivity contribution < 1.29 is 19.2 Å². The lowest BCUT2D eigenvalue weighted by molar-refractivity contribution is 0.0948. The van der Waals surface area contributed by atoms with Gasteiger partial charge in [0.1, 0.15) is 0 Å². The molecule has 0 aliphatic carbocycles. The van der Waals surface area contributed by atoms with Gasteiger partial charge in [0.15, 0.2) is 0 Å². The minimum atomic E-state index is -0.629. The van der Waals surface area contributed by atoms with Gasteiger partial charge in [0.2, 0.25) is 0 Å². The molecule has 3 rings (SSSR count). The molecule has 2 aromatic rings. The molecule has 0 unspecified atom stereocenters. The summed E-state index contributed by atoms with van der Waals surface area (Å²) in [5.41, 5.74) is 0.475. The van der Waals surface area contributed by atoms with Gasteiger partial charge in [-0.2, -0.15) is 0 Å². The van der Waals surface area contributed by atoms with Crippen LogP contribution in [0.1, 0.15) is 41.4 Å². The van der Waals surface area contributed by atoms with Gasteiger partial charge in [-0.25, -0.2) is 9.98 Å². The minimum Gasteiger partial charge on any atom is -0.327 e. The summed E-state index contributed by atoms with van der Waals surface area (Å²) in [6.45, 7) is 0. The van der Waals surface area contributed by atoms with Crippen molar-refractivity contribution in [1.29, 1.82) is 0 Å². The Balaban J connectivity index is 1.88. The fourth-order valence-electron chi connectivity index (χ4n) is 2.72. The van der Waals surface area contributed by atoms with Crippen LogP contribution in [0.2, 0.25) is 0 Å². The topological polar surface area (TPSA) is 142 Å². The van der Waals surface area contributed by atoms with Gasteiger partial charge in [-0.1, -0.05) is 24.3 Å². The predicted octanol–water partition coefficient (Wildman–Crippen LogP) is 2.37. The second-order valence-electron chi connectivity index (χ2n) is 6.43. The molecule has 0 bridgehead atoms. The lowest BCUT2D eigenvalue weighted by Gasteiger charge is -2.05. The van der Waals surface area contributed by atoms with E-state index in [0.717, 1.165) is 12.4 Å². The molecular formula is C24H18N6O4. The summed E-state index contributed by atoms with van der Waals surface area (Å²) in [6.07, 6.45) is 9.88. The zero-order valence-electron chi connectivity index (χ0n) is 17.7. The smallest absolute Gasteiger partial charge is 0.277 e. The molecule has 10 nitrogen and oxygen atoms in total. The zero-order valence-corrected chi connectivity index (χ0v) is 17.7. The number of nitrogens with zero attached hydrogens (tertiary/aromatic N) is 4. The van der Waals surface area contributed by atoms with Crippen molar-refractivity contribution in [2.24, 2.45) is 20.0 Å². The van der Waals surface area contributed by atoms with E-state index in [1.54, 1.807) is 24.3 Å². The van der Waals surface area contributed by atoms with Crippen molar-refractivity contribution in [3.63, 3.8) is 0 Å². The van der Waals surface area contributed by atoms with Gasteiger partial charge in [0.25, 0.3) is 23.6 Å². The van der Waals surface area contributed by atoms with Gasteiger partial charge < -0.3 is 10.6 Å². The van der Waals surface area contributed by atoms with E-state index < -0.39 is 23.6 Å². The van der Waals surface area contributed by atoms with Gasteiger partial charge >= 0.3 is 0 Å². The van der Waals surface area contributed by atoms with E-state index in [1.807, 2.05) is 0 Å². The summed E-state index contributed by atoms with van der Waals surface area (Å²) >= 11 is 0. The quantitative estimate of drug-likeness (QED) is 0.630. The van der Waals surface area contributed by atoms with Gasteiger partial charge in [-0.05, 0) is 24.3 Å². The highest BCUT2D eigenvalue weighted by atomic mass is 16.2. The molecule has 0 atom stereocenters. The number of hydrogen-bond donors (Lipinski definition) is 2. The van der Waals surface area contributed by atoms with Crippen molar-refractivity contribution in [2.75, 3.05) is 0 Å². The Morgan fingerprint density at radius 1 is 0.500 bits per heavy atom. The second kappa shape index (κ2) is 12.1. The summed E-state index contributed by atoms with van der Waals surface area (Å²) in [5, 5.41) is 4.99. The fraction of sp³-hybridized carbons (Fsp3) is 0. The van der Waals surface area contributed by atoms with E-state index >= 15 is 0 Å². The Morgan fingerprint density at radius 3 is 1.29 bits per heavy atom. The van der Waals surface area contributed by atoms with Crippen molar-refractivity contribution in [3.05, 3.63) is 95.6 Å².